The summed E-state index contributed by atoms with van der Waals surface area (Å²) in [5.41, 5.74) is 0.584. The molecule has 2 nitrogen and oxygen atoms in total. The van der Waals surface area contributed by atoms with Gasteiger partial charge in [-0.25, -0.2) is 4.39 Å². The largest absolute Gasteiger partial charge is 0.459 e. The molecule has 1 aromatic carbocycles. The monoisotopic (exact) mass is 285 g/mol. The van der Waals surface area contributed by atoms with Crippen LogP contribution in [-0.2, 0) is 0 Å². The molecule has 1 unspecified atom stereocenters. The Hall–Kier alpha value is -0.870. The third-order valence-electron chi connectivity index (χ3n) is 2.52. The number of halogens is 2. The highest BCUT2D eigenvalue weighted by Gasteiger charge is 2.12. The molecule has 2 rings (SSSR count). The molecule has 0 saturated heterocycles. The Kier molecular flexibility index (Phi) is 3.30. The van der Waals surface area contributed by atoms with Crippen molar-refractivity contribution in [2.75, 3.05) is 6.54 Å². The number of hydrogen-bond acceptors (Lipinski definition) is 2. The number of benzene rings is 1. The first-order valence-electron chi connectivity index (χ1n) is 5.23. The van der Waals surface area contributed by atoms with Gasteiger partial charge in [0.05, 0.1) is 10.5 Å². The van der Waals surface area contributed by atoms with E-state index in [1.165, 1.54) is 6.07 Å². The number of nitrogens with one attached hydrogen (secondary N) is 1. The van der Waals surface area contributed by atoms with Gasteiger partial charge in [-0.15, -0.1) is 0 Å². The summed E-state index contributed by atoms with van der Waals surface area (Å²) in [6, 6.07) is 5.21. The van der Waals surface area contributed by atoms with Crippen molar-refractivity contribution >= 4 is 26.9 Å². The first kappa shape index (κ1) is 11.6. The van der Waals surface area contributed by atoms with Crippen molar-refractivity contribution in [1.29, 1.82) is 0 Å². The molecule has 86 valence electrons. The summed E-state index contributed by atoms with van der Waals surface area (Å²) in [5.74, 6) is 0.527. The van der Waals surface area contributed by atoms with Crippen molar-refractivity contribution in [3.8, 4) is 0 Å². The lowest BCUT2D eigenvalue weighted by Gasteiger charge is -2.07. The standard InChI is InChI=1S/C12H13BrFNO/c1-3-15-7(2)11-5-8-4-9(13)10(14)6-12(8)16-11/h4-7,15H,3H2,1-2H3. The smallest absolute Gasteiger partial charge is 0.141 e. The number of hydrogen-bond donors (Lipinski definition) is 1. The number of furan rings is 1. The number of fused-ring (bicyclic) bond motifs is 1. The molecular weight excluding hydrogens is 273 g/mol. The lowest BCUT2D eigenvalue weighted by Crippen LogP contribution is -2.16. The van der Waals surface area contributed by atoms with Crippen molar-refractivity contribution in [1.82, 2.24) is 5.32 Å². The molecule has 0 aliphatic carbocycles. The van der Waals surface area contributed by atoms with Gasteiger partial charge in [-0.3, -0.25) is 0 Å². The van der Waals surface area contributed by atoms with Crippen molar-refractivity contribution in [2.24, 2.45) is 0 Å². The van der Waals surface area contributed by atoms with Crippen LogP contribution in [-0.4, -0.2) is 6.54 Å². The van der Waals surface area contributed by atoms with Gasteiger partial charge >= 0.3 is 0 Å². The molecule has 0 amide bonds. The van der Waals surface area contributed by atoms with Crippen LogP contribution < -0.4 is 5.32 Å². The predicted molar refractivity (Wildman–Crippen MR) is 66.0 cm³/mol. The molecule has 0 aliphatic heterocycles. The van der Waals surface area contributed by atoms with Crippen molar-refractivity contribution < 1.29 is 8.81 Å². The van der Waals surface area contributed by atoms with E-state index in [-0.39, 0.29) is 11.9 Å². The molecule has 16 heavy (non-hydrogen) atoms. The second kappa shape index (κ2) is 4.55. The second-order valence-electron chi connectivity index (χ2n) is 3.73. The van der Waals surface area contributed by atoms with Crippen molar-refractivity contribution in [2.45, 2.75) is 19.9 Å². The van der Waals surface area contributed by atoms with Crippen molar-refractivity contribution in [3.63, 3.8) is 0 Å². The molecular formula is C12H13BrFNO. The molecule has 0 aliphatic rings. The van der Waals surface area contributed by atoms with Gasteiger partial charge in [0, 0.05) is 11.5 Å². The minimum absolute atomic E-state index is 0.138. The Balaban J connectivity index is 2.43. The summed E-state index contributed by atoms with van der Waals surface area (Å²) < 4.78 is 19.3. The highest BCUT2D eigenvalue weighted by atomic mass is 79.9. The Morgan fingerprint density at radius 2 is 2.19 bits per heavy atom. The van der Waals surface area contributed by atoms with Gasteiger partial charge in [0.1, 0.15) is 17.2 Å². The molecule has 0 radical (unpaired) electrons. The third kappa shape index (κ3) is 2.13. The quantitative estimate of drug-likeness (QED) is 0.922. The third-order valence-corrected chi connectivity index (χ3v) is 3.12. The summed E-state index contributed by atoms with van der Waals surface area (Å²) in [6.45, 7) is 4.93. The number of rotatable bonds is 3. The van der Waals surface area contributed by atoms with Gasteiger partial charge in [0.2, 0.25) is 0 Å². The Bertz CT molecular complexity index is 470. The van der Waals surface area contributed by atoms with Crippen molar-refractivity contribution in [3.05, 3.63) is 34.2 Å². The van der Waals surface area contributed by atoms with Gasteiger partial charge in [-0.1, -0.05) is 6.92 Å². The van der Waals surface area contributed by atoms with E-state index >= 15 is 0 Å². The minimum atomic E-state index is -0.301. The molecule has 0 spiro atoms. The topological polar surface area (TPSA) is 25.2 Å². The second-order valence-corrected chi connectivity index (χ2v) is 4.59. The maximum atomic E-state index is 13.3. The molecule has 1 N–H and O–H groups in total. The zero-order valence-corrected chi connectivity index (χ0v) is 10.8. The SMILES string of the molecule is CCNC(C)c1cc2cc(Br)c(F)cc2o1. The van der Waals surface area contributed by atoms with Crippen LogP contribution in [0.3, 0.4) is 0 Å². The highest BCUT2D eigenvalue weighted by Crippen LogP contribution is 2.28. The van der Waals surface area contributed by atoms with E-state index in [9.17, 15) is 4.39 Å². The van der Waals surface area contributed by atoms with Crippen LogP contribution in [0, 0.1) is 5.82 Å². The fraction of sp³-hybridized carbons (Fsp3) is 0.333. The first-order chi connectivity index (χ1) is 7.61. The fourth-order valence-corrected chi connectivity index (χ4v) is 2.04. The van der Waals surface area contributed by atoms with Crippen LogP contribution in [0.4, 0.5) is 4.39 Å². The first-order valence-corrected chi connectivity index (χ1v) is 6.03. The van der Waals surface area contributed by atoms with Crippen LogP contribution in [0.5, 0.6) is 0 Å². The van der Waals surface area contributed by atoms with E-state index in [1.54, 1.807) is 6.07 Å². The van der Waals surface area contributed by atoms with Crippen LogP contribution >= 0.6 is 15.9 Å². The van der Waals surface area contributed by atoms with Gasteiger partial charge in [-0.05, 0) is 41.5 Å². The summed E-state index contributed by atoms with van der Waals surface area (Å²) in [6.07, 6.45) is 0. The maximum Gasteiger partial charge on any atom is 0.141 e. The molecule has 0 fully saturated rings. The summed E-state index contributed by atoms with van der Waals surface area (Å²) in [4.78, 5) is 0. The molecule has 2 aromatic rings. The molecule has 0 saturated carbocycles. The van der Waals surface area contributed by atoms with Gasteiger partial charge in [0.25, 0.3) is 0 Å². The lowest BCUT2D eigenvalue weighted by molar-refractivity contribution is 0.458. The Labute approximate surface area is 102 Å². The van der Waals surface area contributed by atoms with E-state index in [0.29, 0.717) is 10.1 Å². The lowest BCUT2D eigenvalue weighted by atomic mass is 10.2. The highest BCUT2D eigenvalue weighted by molar-refractivity contribution is 9.10. The van der Waals surface area contributed by atoms with Gasteiger partial charge in [-0.2, -0.15) is 0 Å². The summed E-state index contributed by atoms with van der Waals surface area (Å²) >= 11 is 3.16. The van der Waals surface area contributed by atoms with E-state index < -0.39 is 0 Å². The zero-order chi connectivity index (χ0) is 11.7. The van der Waals surface area contributed by atoms with Gasteiger partial charge < -0.3 is 9.73 Å². The Morgan fingerprint density at radius 1 is 1.44 bits per heavy atom. The molecule has 1 heterocycles. The van der Waals surface area contributed by atoms with E-state index in [0.717, 1.165) is 17.7 Å². The minimum Gasteiger partial charge on any atom is -0.459 e. The normalized spacial score (nSPS) is 13.2. The zero-order valence-electron chi connectivity index (χ0n) is 9.18. The molecule has 0 bridgehead atoms. The maximum absolute atomic E-state index is 13.3. The average Bonchev–Trinajstić information content (AvgIpc) is 2.62. The molecule has 1 aromatic heterocycles. The predicted octanol–water partition coefficient (Wildman–Crippen LogP) is 4.00. The average molecular weight is 286 g/mol. The Morgan fingerprint density at radius 3 is 2.88 bits per heavy atom. The van der Waals surface area contributed by atoms with Crippen LogP contribution in [0.25, 0.3) is 11.0 Å². The fourth-order valence-electron chi connectivity index (χ4n) is 1.68. The van der Waals surface area contributed by atoms with Gasteiger partial charge in [0.15, 0.2) is 0 Å². The molecule has 1 atom stereocenters. The van der Waals surface area contributed by atoms with Crippen LogP contribution in [0.1, 0.15) is 25.6 Å². The van der Waals surface area contributed by atoms with Crippen LogP contribution in [0.2, 0.25) is 0 Å². The van der Waals surface area contributed by atoms with E-state index in [2.05, 4.69) is 21.2 Å². The van der Waals surface area contributed by atoms with E-state index in [1.807, 2.05) is 19.9 Å². The van der Waals surface area contributed by atoms with Crippen LogP contribution in [0.15, 0.2) is 27.1 Å². The summed E-state index contributed by atoms with van der Waals surface area (Å²) in [7, 11) is 0. The summed E-state index contributed by atoms with van der Waals surface area (Å²) in [5, 5.41) is 4.16. The molecule has 4 heteroatoms. The van der Waals surface area contributed by atoms with E-state index in [4.69, 9.17) is 4.42 Å².